The number of fused-ring (bicyclic) bond motifs is 1. The fourth-order valence-corrected chi connectivity index (χ4v) is 3.27. The monoisotopic (exact) mass is 316 g/mol. The van der Waals surface area contributed by atoms with Crippen LogP contribution in [-0.2, 0) is 10.2 Å². The Kier molecular flexibility index (Phi) is 3.87. The molecular weight excluding hydrogens is 288 g/mol. The van der Waals surface area contributed by atoms with Crippen molar-refractivity contribution in [2.45, 2.75) is 66.1 Å². The standard InChI is InChI=1S/C18H28N4O/c1-11-9-21(10-12(2)23-11)17-13(3)14(4)19-16-8-15(18(5,6)7)20-22(16)17/h8,11-12H,9-10H2,1-7H3. The van der Waals surface area contributed by atoms with E-state index in [9.17, 15) is 0 Å². The highest BCUT2D eigenvalue weighted by atomic mass is 16.5. The van der Waals surface area contributed by atoms with Gasteiger partial charge in [-0.25, -0.2) is 4.98 Å². The summed E-state index contributed by atoms with van der Waals surface area (Å²) in [4.78, 5) is 7.14. The van der Waals surface area contributed by atoms with Gasteiger partial charge >= 0.3 is 0 Å². The first kappa shape index (κ1) is 16.2. The number of ether oxygens (including phenoxy) is 1. The quantitative estimate of drug-likeness (QED) is 0.810. The molecule has 5 heteroatoms. The van der Waals surface area contributed by atoms with E-state index >= 15 is 0 Å². The normalized spacial score (nSPS) is 22.8. The van der Waals surface area contributed by atoms with Crippen LogP contribution in [0, 0.1) is 13.8 Å². The van der Waals surface area contributed by atoms with Gasteiger partial charge in [0.25, 0.3) is 0 Å². The largest absolute Gasteiger partial charge is 0.372 e. The maximum atomic E-state index is 5.89. The minimum absolute atomic E-state index is 0.0123. The van der Waals surface area contributed by atoms with Gasteiger partial charge in [0.2, 0.25) is 0 Å². The Morgan fingerprint density at radius 3 is 2.30 bits per heavy atom. The minimum atomic E-state index is 0.0123. The molecule has 23 heavy (non-hydrogen) atoms. The third-order valence-electron chi connectivity index (χ3n) is 4.54. The van der Waals surface area contributed by atoms with E-state index in [4.69, 9.17) is 14.8 Å². The number of hydrogen-bond acceptors (Lipinski definition) is 4. The van der Waals surface area contributed by atoms with Crippen molar-refractivity contribution >= 4 is 11.5 Å². The van der Waals surface area contributed by atoms with Crippen molar-refractivity contribution in [2.24, 2.45) is 0 Å². The number of hydrogen-bond donors (Lipinski definition) is 0. The Balaban J connectivity index is 2.18. The van der Waals surface area contributed by atoms with Crippen LogP contribution in [0.1, 0.15) is 51.6 Å². The highest BCUT2D eigenvalue weighted by Crippen LogP contribution is 2.29. The van der Waals surface area contributed by atoms with Crippen LogP contribution in [0.25, 0.3) is 5.65 Å². The molecule has 0 bridgehead atoms. The highest BCUT2D eigenvalue weighted by Gasteiger charge is 2.27. The molecule has 2 aromatic heterocycles. The molecule has 2 aromatic rings. The van der Waals surface area contributed by atoms with Crippen molar-refractivity contribution in [3.8, 4) is 0 Å². The molecule has 2 atom stereocenters. The second-order valence-electron chi connectivity index (χ2n) is 7.86. The first-order valence-electron chi connectivity index (χ1n) is 8.44. The molecule has 5 nitrogen and oxygen atoms in total. The Morgan fingerprint density at radius 2 is 1.74 bits per heavy atom. The van der Waals surface area contributed by atoms with Crippen molar-refractivity contribution in [1.29, 1.82) is 0 Å². The van der Waals surface area contributed by atoms with Crippen molar-refractivity contribution in [1.82, 2.24) is 14.6 Å². The molecule has 0 aromatic carbocycles. The molecule has 0 spiro atoms. The molecule has 3 rings (SSSR count). The first-order valence-corrected chi connectivity index (χ1v) is 8.44. The zero-order valence-electron chi connectivity index (χ0n) is 15.3. The average Bonchev–Trinajstić information content (AvgIpc) is 2.82. The smallest absolute Gasteiger partial charge is 0.157 e. The number of aryl methyl sites for hydroxylation is 1. The SMILES string of the molecule is Cc1nc2cc(C(C)(C)C)nn2c(N2CC(C)OC(C)C2)c1C. The van der Waals surface area contributed by atoms with Crippen molar-refractivity contribution in [2.75, 3.05) is 18.0 Å². The fraction of sp³-hybridized carbons (Fsp3) is 0.667. The first-order chi connectivity index (χ1) is 10.7. The summed E-state index contributed by atoms with van der Waals surface area (Å²) < 4.78 is 7.91. The van der Waals surface area contributed by atoms with Gasteiger partial charge < -0.3 is 9.64 Å². The van der Waals surface area contributed by atoms with E-state index in [0.29, 0.717) is 0 Å². The minimum Gasteiger partial charge on any atom is -0.372 e. The zero-order valence-corrected chi connectivity index (χ0v) is 15.3. The van der Waals surface area contributed by atoms with Crippen LogP contribution in [0.2, 0.25) is 0 Å². The van der Waals surface area contributed by atoms with Gasteiger partial charge in [0, 0.05) is 35.8 Å². The molecule has 126 valence electrons. The van der Waals surface area contributed by atoms with Crippen LogP contribution in [0.3, 0.4) is 0 Å². The van der Waals surface area contributed by atoms with Gasteiger partial charge in [0.1, 0.15) is 5.82 Å². The molecular formula is C18H28N4O. The van der Waals surface area contributed by atoms with Crippen LogP contribution < -0.4 is 4.90 Å². The number of rotatable bonds is 1. The van der Waals surface area contributed by atoms with Crippen LogP contribution >= 0.6 is 0 Å². The lowest BCUT2D eigenvalue weighted by atomic mass is 9.93. The lowest BCUT2D eigenvalue weighted by Gasteiger charge is -2.37. The Bertz CT molecular complexity index is 719. The lowest BCUT2D eigenvalue weighted by molar-refractivity contribution is -0.00561. The second-order valence-corrected chi connectivity index (χ2v) is 7.86. The van der Waals surface area contributed by atoms with Gasteiger partial charge in [-0.05, 0) is 27.7 Å². The van der Waals surface area contributed by atoms with Gasteiger partial charge in [-0.15, -0.1) is 0 Å². The maximum Gasteiger partial charge on any atom is 0.157 e. The van der Waals surface area contributed by atoms with Gasteiger partial charge in [-0.3, -0.25) is 0 Å². The molecule has 1 aliphatic heterocycles. The lowest BCUT2D eigenvalue weighted by Crippen LogP contribution is -2.46. The number of nitrogens with zero attached hydrogens (tertiary/aromatic N) is 4. The van der Waals surface area contributed by atoms with E-state index in [1.807, 2.05) is 4.52 Å². The summed E-state index contributed by atoms with van der Waals surface area (Å²) in [5.41, 5.74) is 4.28. The number of aromatic nitrogens is 3. The van der Waals surface area contributed by atoms with Crippen molar-refractivity contribution in [3.63, 3.8) is 0 Å². The predicted octanol–water partition coefficient (Wildman–Crippen LogP) is 3.26. The summed E-state index contributed by atoms with van der Waals surface area (Å²) in [6.45, 7) is 16.8. The summed E-state index contributed by atoms with van der Waals surface area (Å²) >= 11 is 0. The Labute approximate surface area is 138 Å². The third-order valence-corrected chi connectivity index (χ3v) is 4.54. The molecule has 2 unspecified atom stereocenters. The van der Waals surface area contributed by atoms with Crippen LogP contribution in [0.15, 0.2) is 6.07 Å². The molecule has 1 aliphatic rings. The topological polar surface area (TPSA) is 42.7 Å². The van der Waals surface area contributed by atoms with E-state index < -0.39 is 0 Å². The van der Waals surface area contributed by atoms with E-state index in [0.717, 1.165) is 35.9 Å². The molecule has 0 amide bonds. The van der Waals surface area contributed by atoms with Crippen molar-refractivity contribution < 1.29 is 4.74 Å². The molecule has 0 radical (unpaired) electrons. The number of morpholine rings is 1. The summed E-state index contributed by atoms with van der Waals surface area (Å²) in [5, 5.41) is 4.88. The zero-order chi connectivity index (χ0) is 16.9. The van der Waals surface area contributed by atoms with Gasteiger partial charge in [0.15, 0.2) is 5.65 Å². The van der Waals surface area contributed by atoms with E-state index in [1.165, 1.54) is 5.56 Å². The van der Waals surface area contributed by atoms with E-state index in [1.54, 1.807) is 0 Å². The molecule has 1 saturated heterocycles. The van der Waals surface area contributed by atoms with E-state index in [2.05, 4.69) is 59.4 Å². The fourth-order valence-electron chi connectivity index (χ4n) is 3.27. The molecule has 3 heterocycles. The number of anilines is 1. The molecule has 0 aliphatic carbocycles. The predicted molar refractivity (Wildman–Crippen MR) is 93.4 cm³/mol. The summed E-state index contributed by atoms with van der Waals surface area (Å²) in [6, 6.07) is 2.11. The maximum absolute atomic E-state index is 5.89. The van der Waals surface area contributed by atoms with Crippen LogP contribution in [-0.4, -0.2) is 39.9 Å². The third kappa shape index (κ3) is 2.94. The molecule has 0 saturated carbocycles. The van der Waals surface area contributed by atoms with Gasteiger partial charge in [-0.1, -0.05) is 20.8 Å². The summed E-state index contributed by atoms with van der Waals surface area (Å²) in [5.74, 6) is 1.16. The highest BCUT2D eigenvalue weighted by molar-refractivity contribution is 5.57. The second kappa shape index (κ2) is 5.48. The van der Waals surface area contributed by atoms with Crippen LogP contribution in [0.5, 0.6) is 0 Å². The summed E-state index contributed by atoms with van der Waals surface area (Å²) in [7, 11) is 0. The Hall–Kier alpha value is -1.62. The van der Waals surface area contributed by atoms with Crippen molar-refractivity contribution in [3.05, 3.63) is 23.0 Å². The molecule has 1 fully saturated rings. The van der Waals surface area contributed by atoms with Crippen LogP contribution in [0.4, 0.5) is 5.82 Å². The Morgan fingerprint density at radius 1 is 1.13 bits per heavy atom. The van der Waals surface area contributed by atoms with E-state index in [-0.39, 0.29) is 17.6 Å². The van der Waals surface area contributed by atoms with Gasteiger partial charge in [-0.2, -0.15) is 9.61 Å². The van der Waals surface area contributed by atoms with Gasteiger partial charge in [0.05, 0.1) is 17.9 Å². The summed E-state index contributed by atoms with van der Waals surface area (Å²) in [6.07, 6.45) is 0.443. The molecule has 0 N–H and O–H groups in total. The average molecular weight is 316 g/mol.